The third-order valence-corrected chi connectivity index (χ3v) is 6.71. The number of amides is 1. The van der Waals surface area contributed by atoms with Crippen LogP contribution in [0.1, 0.15) is 21.5 Å². The molecule has 7 heteroatoms. The molecule has 0 N–H and O–H groups in total. The van der Waals surface area contributed by atoms with Gasteiger partial charge in [0.2, 0.25) is 0 Å². The molecule has 1 fully saturated rings. The number of hydrogen-bond donors (Lipinski definition) is 0. The number of carbonyl (C=O) groups is 1. The van der Waals surface area contributed by atoms with Crippen LogP contribution in [0.2, 0.25) is 5.02 Å². The molecule has 2 aromatic carbocycles. The van der Waals surface area contributed by atoms with Crippen molar-refractivity contribution in [1.29, 1.82) is 0 Å². The number of benzene rings is 2. The topological polar surface area (TPSA) is 45.7 Å². The van der Waals surface area contributed by atoms with Crippen LogP contribution in [-0.2, 0) is 4.74 Å². The second-order valence-electron chi connectivity index (χ2n) is 7.29. The minimum absolute atomic E-state index is 0.0268. The first-order chi connectivity index (χ1) is 14.0. The van der Waals surface area contributed by atoms with Crippen molar-refractivity contribution in [1.82, 2.24) is 9.88 Å². The Bertz CT molecular complexity index is 1010. The van der Waals surface area contributed by atoms with Crippen LogP contribution in [0.25, 0.3) is 10.2 Å². The van der Waals surface area contributed by atoms with Crippen molar-refractivity contribution in [3.63, 3.8) is 0 Å². The van der Waals surface area contributed by atoms with E-state index in [4.69, 9.17) is 21.3 Å². The Morgan fingerprint density at radius 2 is 1.90 bits per heavy atom. The molecule has 1 saturated heterocycles. The fourth-order valence-corrected chi connectivity index (χ4v) is 4.61. The van der Waals surface area contributed by atoms with E-state index in [-0.39, 0.29) is 5.91 Å². The molecular formula is C22H24ClN3O2S. The minimum atomic E-state index is -0.0268. The highest BCUT2D eigenvalue weighted by molar-refractivity contribution is 7.22. The summed E-state index contributed by atoms with van der Waals surface area (Å²) in [4.78, 5) is 22.3. The normalized spacial score (nSPS) is 15.0. The maximum absolute atomic E-state index is 13.4. The maximum atomic E-state index is 13.4. The summed E-state index contributed by atoms with van der Waals surface area (Å²) in [6.45, 7) is 8.62. The van der Waals surface area contributed by atoms with Gasteiger partial charge in [-0.25, -0.2) is 4.98 Å². The zero-order valence-electron chi connectivity index (χ0n) is 16.7. The Labute approximate surface area is 179 Å². The first kappa shape index (κ1) is 20.3. The second kappa shape index (κ2) is 8.79. The van der Waals surface area contributed by atoms with E-state index in [2.05, 4.69) is 4.90 Å². The Balaban J connectivity index is 1.66. The Morgan fingerprint density at radius 1 is 1.17 bits per heavy atom. The fourth-order valence-electron chi connectivity index (χ4n) is 3.41. The molecule has 0 unspecified atom stereocenters. The summed E-state index contributed by atoms with van der Waals surface area (Å²) in [5.74, 6) is -0.0268. The standard InChI is InChI=1S/C22H24ClN3O2S/c1-15-3-5-17(6-4-15)21(27)26(10-9-25-11-13-28-14-12-25)22-24-20-16(2)18(23)7-8-19(20)29-22/h3-8H,9-14H2,1-2H3. The maximum Gasteiger partial charge on any atom is 0.260 e. The lowest BCUT2D eigenvalue weighted by atomic mass is 10.1. The van der Waals surface area contributed by atoms with Crippen molar-refractivity contribution in [2.45, 2.75) is 13.8 Å². The van der Waals surface area contributed by atoms with E-state index in [1.165, 1.54) is 11.3 Å². The van der Waals surface area contributed by atoms with Crippen LogP contribution in [0.4, 0.5) is 5.13 Å². The van der Waals surface area contributed by atoms with Gasteiger partial charge in [-0.05, 0) is 43.7 Å². The molecule has 0 bridgehead atoms. The molecule has 0 spiro atoms. The molecule has 0 saturated carbocycles. The average molecular weight is 430 g/mol. The highest BCUT2D eigenvalue weighted by Gasteiger charge is 2.23. The van der Waals surface area contributed by atoms with Gasteiger partial charge in [0.1, 0.15) is 0 Å². The van der Waals surface area contributed by atoms with Gasteiger partial charge >= 0.3 is 0 Å². The molecule has 1 aliphatic heterocycles. The van der Waals surface area contributed by atoms with E-state index in [0.717, 1.165) is 54.2 Å². The number of carbonyl (C=O) groups excluding carboxylic acids is 1. The molecule has 4 rings (SSSR count). The second-order valence-corrected chi connectivity index (χ2v) is 8.71. The quantitative estimate of drug-likeness (QED) is 0.597. The predicted octanol–water partition coefficient (Wildman–Crippen LogP) is 4.55. The Morgan fingerprint density at radius 3 is 2.62 bits per heavy atom. The number of rotatable bonds is 5. The number of hydrogen-bond acceptors (Lipinski definition) is 5. The van der Waals surface area contributed by atoms with Gasteiger partial charge in [0.25, 0.3) is 5.91 Å². The molecule has 0 atom stereocenters. The number of morpholine rings is 1. The van der Waals surface area contributed by atoms with Gasteiger partial charge in [-0.1, -0.05) is 40.6 Å². The lowest BCUT2D eigenvalue weighted by molar-refractivity contribution is 0.0391. The third kappa shape index (κ3) is 4.46. The minimum Gasteiger partial charge on any atom is -0.379 e. The summed E-state index contributed by atoms with van der Waals surface area (Å²) in [5.41, 5.74) is 3.62. The van der Waals surface area contributed by atoms with E-state index in [9.17, 15) is 4.79 Å². The summed E-state index contributed by atoms with van der Waals surface area (Å²) >= 11 is 7.81. The van der Waals surface area contributed by atoms with E-state index < -0.39 is 0 Å². The van der Waals surface area contributed by atoms with Gasteiger partial charge in [-0.15, -0.1) is 0 Å². The van der Waals surface area contributed by atoms with Gasteiger partial charge in [0.05, 0.1) is 23.4 Å². The van der Waals surface area contributed by atoms with Crippen molar-refractivity contribution in [3.8, 4) is 0 Å². The van der Waals surface area contributed by atoms with Gasteiger partial charge in [0.15, 0.2) is 5.13 Å². The first-order valence-electron chi connectivity index (χ1n) is 9.77. The van der Waals surface area contributed by atoms with Gasteiger partial charge in [-0.2, -0.15) is 0 Å². The van der Waals surface area contributed by atoms with Crippen LogP contribution >= 0.6 is 22.9 Å². The van der Waals surface area contributed by atoms with Crippen LogP contribution in [0.15, 0.2) is 36.4 Å². The zero-order valence-corrected chi connectivity index (χ0v) is 18.2. The molecule has 29 heavy (non-hydrogen) atoms. The first-order valence-corrected chi connectivity index (χ1v) is 11.0. The molecule has 0 radical (unpaired) electrons. The number of thiazole rings is 1. The highest BCUT2D eigenvalue weighted by atomic mass is 35.5. The molecule has 1 aromatic heterocycles. The number of anilines is 1. The molecule has 1 amide bonds. The Kier molecular flexibility index (Phi) is 6.15. The van der Waals surface area contributed by atoms with Crippen molar-refractivity contribution in [2.24, 2.45) is 0 Å². The van der Waals surface area contributed by atoms with E-state index in [0.29, 0.717) is 22.3 Å². The molecule has 2 heterocycles. The average Bonchev–Trinajstić information content (AvgIpc) is 3.17. The number of fused-ring (bicyclic) bond motifs is 1. The van der Waals surface area contributed by atoms with Gasteiger partial charge in [0, 0.05) is 36.8 Å². The Hall–Kier alpha value is -1.99. The van der Waals surface area contributed by atoms with Gasteiger partial charge in [-0.3, -0.25) is 14.6 Å². The van der Waals surface area contributed by atoms with Crippen LogP contribution in [0, 0.1) is 13.8 Å². The molecule has 1 aliphatic rings. The number of halogens is 1. The SMILES string of the molecule is Cc1ccc(C(=O)N(CCN2CCOCC2)c2nc3c(C)c(Cl)ccc3s2)cc1. The van der Waals surface area contributed by atoms with E-state index in [1.54, 1.807) is 4.90 Å². The fraction of sp³-hybridized carbons (Fsp3) is 0.364. The van der Waals surface area contributed by atoms with Crippen molar-refractivity contribution >= 4 is 44.2 Å². The predicted molar refractivity (Wildman–Crippen MR) is 119 cm³/mol. The summed E-state index contributed by atoms with van der Waals surface area (Å²) in [6, 6.07) is 11.6. The third-order valence-electron chi connectivity index (χ3n) is 5.25. The number of aromatic nitrogens is 1. The summed E-state index contributed by atoms with van der Waals surface area (Å²) in [6.07, 6.45) is 0. The summed E-state index contributed by atoms with van der Waals surface area (Å²) in [7, 11) is 0. The van der Waals surface area contributed by atoms with Gasteiger partial charge < -0.3 is 4.74 Å². The van der Waals surface area contributed by atoms with E-state index in [1.807, 2.05) is 50.2 Å². The molecule has 0 aliphatic carbocycles. The van der Waals surface area contributed by atoms with E-state index >= 15 is 0 Å². The summed E-state index contributed by atoms with van der Waals surface area (Å²) in [5, 5.41) is 1.41. The zero-order chi connectivity index (χ0) is 20.4. The van der Waals surface area contributed by atoms with Crippen LogP contribution in [0.5, 0.6) is 0 Å². The van der Waals surface area contributed by atoms with Crippen molar-refractivity contribution in [3.05, 3.63) is 58.1 Å². The monoisotopic (exact) mass is 429 g/mol. The van der Waals surface area contributed by atoms with Crippen LogP contribution in [0.3, 0.4) is 0 Å². The van der Waals surface area contributed by atoms with Crippen LogP contribution < -0.4 is 4.90 Å². The summed E-state index contributed by atoms with van der Waals surface area (Å²) < 4.78 is 6.48. The smallest absolute Gasteiger partial charge is 0.260 e. The molecule has 5 nitrogen and oxygen atoms in total. The highest BCUT2D eigenvalue weighted by Crippen LogP contribution is 2.34. The lowest BCUT2D eigenvalue weighted by Gasteiger charge is -2.29. The lowest BCUT2D eigenvalue weighted by Crippen LogP contribution is -2.43. The number of ether oxygens (including phenoxy) is 1. The van der Waals surface area contributed by atoms with Crippen LogP contribution in [-0.4, -0.2) is 55.2 Å². The number of aryl methyl sites for hydroxylation is 2. The molecule has 152 valence electrons. The van der Waals surface area contributed by atoms with Crippen molar-refractivity contribution < 1.29 is 9.53 Å². The molecular weight excluding hydrogens is 406 g/mol. The molecule has 3 aromatic rings. The largest absolute Gasteiger partial charge is 0.379 e. The number of nitrogens with zero attached hydrogens (tertiary/aromatic N) is 3. The van der Waals surface area contributed by atoms with Crippen molar-refractivity contribution in [2.75, 3.05) is 44.3 Å².